The Morgan fingerprint density at radius 3 is 2.31 bits per heavy atom. The minimum atomic E-state index is -0.397. The van der Waals surface area contributed by atoms with Gasteiger partial charge in [0.15, 0.2) is 0 Å². The Bertz CT molecular complexity index is 1260. The molecule has 8 heteroatoms. The highest BCUT2D eigenvalue weighted by Gasteiger charge is 2.43. The highest BCUT2D eigenvalue weighted by atomic mass is 16.2. The molecular formula is C31H41N5O3. The van der Waals surface area contributed by atoms with Gasteiger partial charge in [-0.3, -0.25) is 14.4 Å². The molecule has 3 aliphatic heterocycles. The summed E-state index contributed by atoms with van der Waals surface area (Å²) >= 11 is 0. The van der Waals surface area contributed by atoms with Crippen LogP contribution in [0.4, 0.5) is 11.5 Å². The highest BCUT2D eigenvalue weighted by molar-refractivity contribution is 6.00. The van der Waals surface area contributed by atoms with E-state index in [-0.39, 0.29) is 35.1 Å². The van der Waals surface area contributed by atoms with Crippen molar-refractivity contribution < 1.29 is 14.4 Å². The number of amides is 3. The third kappa shape index (κ3) is 5.52. The van der Waals surface area contributed by atoms with Gasteiger partial charge in [-0.1, -0.05) is 45.0 Å². The number of carbonyl (C=O) groups is 3. The maximum absolute atomic E-state index is 14.1. The molecule has 4 heterocycles. The van der Waals surface area contributed by atoms with Crippen LogP contribution in [-0.2, 0) is 20.9 Å². The second-order valence-corrected chi connectivity index (χ2v) is 12.4. The Morgan fingerprint density at radius 1 is 0.974 bits per heavy atom. The number of pyridine rings is 1. The number of hydrogen-bond donors (Lipinski definition) is 1. The molecule has 1 aromatic carbocycles. The topological polar surface area (TPSA) is 85.9 Å². The lowest BCUT2D eigenvalue weighted by Gasteiger charge is -2.38. The van der Waals surface area contributed by atoms with Crippen LogP contribution in [0.1, 0.15) is 69.7 Å². The first kappa shape index (κ1) is 27.2. The number of nitrogens with one attached hydrogen (secondary N) is 1. The van der Waals surface area contributed by atoms with Crippen LogP contribution in [0.3, 0.4) is 0 Å². The van der Waals surface area contributed by atoms with Crippen molar-refractivity contribution >= 4 is 29.2 Å². The summed E-state index contributed by atoms with van der Waals surface area (Å²) in [5.74, 6) is 0.718. The Balaban J connectivity index is 1.39. The zero-order chi connectivity index (χ0) is 27.9. The number of rotatable bonds is 4. The molecule has 0 bridgehead atoms. The minimum absolute atomic E-state index is 0.0290. The van der Waals surface area contributed by atoms with Gasteiger partial charge in [-0.25, -0.2) is 4.98 Å². The summed E-state index contributed by atoms with van der Waals surface area (Å²) in [5.41, 5.74) is 3.52. The third-order valence-electron chi connectivity index (χ3n) is 8.49. The largest absolute Gasteiger partial charge is 0.367 e. The molecule has 0 radical (unpaired) electrons. The number of benzene rings is 1. The molecule has 8 nitrogen and oxygen atoms in total. The fourth-order valence-electron chi connectivity index (χ4n) is 6.27. The zero-order valence-electron chi connectivity index (χ0n) is 23.9. The molecule has 1 N–H and O–H groups in total. The molecule has 39 heavy (non-hydrogen) atoms. The van der Waals surface area contributed by atoms with Gasteiger partial charge in [0.2, 0.25) is 17.7 Å². The standard InChI is InChI=1S/C31H41N5O3/c1-20-8-6-7-9-25(20)36-19-23-10-11-26(32-24-13-16-34(17-14-24)30(39)31(3,4)5)33-28(23)27(29(36)38)22-12-15-35(18-22)21(2)37/h6-11,22,24,27H,12-19H2,1-5H3,(H,32,33). The number of aryl methyl sites for hydroxylation is 1. The zero-order valence-corrected chi connectivity index (χ0v) is 23.9. The summed E-state index contributed by atoms with van der Waals surface area (Å²) in [5, 5.41) is 3.60. The van der Waals surface area contributed by atoms with E-state index in [1.54, 1.807) is 6.92 Å². The van der Waals surface area contributed by atoms with Gasteiger partial charge in [-0.15, -0.1) is 0 Å². The summed E-state index contributed by atoms with van der Waals surface area (Å²) in [7, 11) is 0. The first-order valence-corrected chi connectivity index (χ1v) is 14.2. The van der Waals surface area contributed by atoms with E-state index in [0.29, 0.717) is 19.6 Å². The van der Waals surface area contributed by atoms with Crippen LogP contribution >= 0.6 is 0 Å². The predicted octanol–water partition coefficient (Wildman–Crippen LogP) is 4.34. The van der Waals surface area contributed by atoms with Gasteiger partial charge >= 0.3 is 0 Å². The molecule has 3 amide bonds. The van der Waals surface area contributed by atoms with E-state index in [4.69, 9.17) is 4.98 Å². The fraction of sp³-hybridized carbons (Fsp3) is 0.548. The molecule has 2 fully saturated rings. The van der Waals surface area contributed by atoms with Crippen LogP contribution in [0, 0.1) is 18.3 Å². The summed E-state index contributed by atoms with van der Waals surface area (Å²) in [6, 6.07) is 12.3. The Kier molecular flexibility index (Phi) is 7.40. The van der Waals surface area contributed by atoms with E-state index in [0.717, 1.165) is 60.7 Å². The molecule has 2 aromatic rings. The molecule has 0 aliphatic carbocycles. The minimum Gasteiger partial charge on any atom is -0.367 e. The predicted molar refractivity (Wildman–Crippen MR) is 152 cm³/mol. The van der Waals surface area contributed by atoms with Gasteiger partial charge in [-0.05, 0) is 55.4 Å². The first-order chi connectivity index (χ1) is 18.5. The van der Waals surface area contributed by atoms with Gasteiger partial charge in [0.1, 0.15) is 5.82 Å². The van der Waals surface area contributed by atoms with Crippen LogP contribution in [-0.4, -0.2) is 64.7 Å². The van der Waals surface area contributed by atoms with E-state index in [9.17, 15) is 14.4 Å². The number of carbonyl (C=O) groups excluding carboxylic acids is 3. The summed E-state index contributed by atoms with van der Waals surface area (Å²) < 4.78 is 0. The van der Waals surface area contributed by atoms with Gasteiger partial charge in [0, 0.05) is 50.2 Å². The van der Waals surface area contributed by atoms with Crippen LogP contribution < -0.4 is 10.2 Å². The molecule has 5 rings (SSSR count). The summed E-state index contributed by atoms with van der Waals surface area (Å²) in [6.07, 6.45) is 2.51. The van der Waals surface area contributed by atoms with Crippen LogP contribution in [0.5, 0.6) is 0 Å². The number of para-hydroxylation sites is 1. The maximum Gasteiger partial charge on any atom is 0.236 e. The van der Waals surface area contributed by atoms with Crippen molar-refractivity contribution in [3.63, 3.8) is 0 Å². The van der Waals surface area contributed by atoms with Crippen molar-refractivity contribution in [2.24, 2.45) is 11.3 Å². The lowest BCUT2D eigenvalue weighted by Crippen LogP contribution is -2.46. The SMILES string of the molecule is CC(=O)N1CCC(C2C(=O)N(c3ccccc3C)Cc3ccc(NC4CCN(C(=O)C(C)(C)C)CC4)nc32)C1. The fourth-order valence-corrected chi connectivity index (χ4v) is 6.27. The van der Waals surface area contributed by atoms with E-state index in [1.807, 2.05) is 72.7 Å². The number of piperidine rings is 1. The van der Waals surface area contributed by atoms with Gasteiger partial charge in [0.05, 0.1) is 18.2 Å². The van der Waals surface area contributed by atoms with Gasteiger partial charge in [-0.2, -0.15) is 0 Å². The van der Waals surface area contributed by atoms with Gasteiger partial charge < -0.3 is 20.0 Å². The number of hydrogen-bond acceptors (Lipinski definition) is 5. The average molecular weight is 532 g/mol. The quantitative estimate of drug-likeness (QED) is 0.635. The first-order valence-electron chi connectivity index (χ1n) is 14.2. The number of aromatic nitrogens is 1. The number of anilines is 2. The van der Waals surface area contributed by atoms with Crippen LogP contribution in [0.15, 0.2) is 36.4 Å². The third-order valence-corrected chi connectivity index (χ3v) is 8.49. The summed E-state index contributed by atoms with van der Waals surface area (Å²) in [6.45, 7) is 12.7. The van der Waals surface area contributed by atoms with Crippen LogP contribution in [0.25, 0.3) is 0 Å². The molecular weight excluding hydrogens is 490 g/mol. The molecule has 208 valence electrons. The second-order valence-electron chi connectivity index (χ2n) is 12.4. The van der Waals surface area contributed by atoms with Crippen molar-refractivity contribution in [3.05, 3.63) is 53.2 Å². The van der Waals surface area contributed by atoms with Crippen molar-refractivity contribution in [3.8, 4) is 0 Å². The van der Waals surface area contributed by atoms with E-state index >= 15 is 0 Å². The smallest absolute Gasteiger partial charge is 0.236 e. The van der Waals surface area contributed by atoms with E-state index in [2.05, 4.69) is 11.4 Å². The molecule has 2 atom stereocenters. The molecule has 2 saturated heterocycles. The van der Waals surface area contributed by atoms with Crippen molar-refractivity contribution in [2.45, 2.75) is 72.4 Å². The molecule has 2 unspecified atom stereocenters. The monoisotopic (exact) mass is 531 g/mol. The second kappa shape index (κ2) is 10.6. The lowest BCUT2D eigenvalue weighted by molar-refractivity contribution is -0.140. The van der Waals surface area contributed by atoms with E-state index < -0.39 is 5.92 Å². The normalized spacial score (nSPS) is 22.2. The number of fused-ring (bicyclic) bond motifs is 1. The molecule has 3 aliphatic rings. The van der Waals surface area contributed by atoms with Gasteiger partial charge in [0.25, 0.3) is 0 Å². The van der Waals surface area contributed by atoms with Crippen molar-refractivity contribution in [1.29, 1.82) is 0 Å². The van der Waals surface area contributed by atoms with Crippen molar-refractivity contribution in [2.75, 3.05) is 36.4 Å². The molecule has 0 saturated carbocycles. The average Bonchev–Trinajstić information content (AvgIpc) is 3.39. The highest BCUT2D eigenvalue weighted by Crippen LogP contribution is 2.41. The lowest BCUT2D eigenvalue weighted by atomic mass is 9.82. The van der Waals surface area contributed by atoms with Crippen LogP contribution in [0.2, 0.25) is 0 Å². The Labute approximate surface area is 231 Å². The Hall–Kier alpha value is -3.42. The number of likely N-dealkylation sites (tertiary alicyclic amines) is 2. The maximum atomic E-state index is 14.1. The molecule has 0 spiro atoms. The molecule has 1 aromatic heterocycles. The van der Waals surface area contributed by atoms with Crippen molar-refractivity contribution in [1.82, 2.24) is 14.8 Å². The Morgan fingerprint density at radius 2 is 1.67 bits per heavy atom. The van der Waals surface area contributed by atoms with E-state index in [1.165, 1.54) is 0 Å². The number of nitrogens with zero attached hydrogens (tertiary/aromatic N) is 4. The summed E-state index contributed by atoms with van der Waals surface area (Å²) in [4.78, 5) is 49.7.